The van der Waals surface area contributed by atoms with Gasteiger partial charge in [0.25, 0.3) is 9.05 Å². The van der Waals surface area contributed by atoms with Crippen LogP contribution < -0.4 is 0 Å². The maximum absolute atomic E-state index is 11.0. The quantitative estimate of drug-likeness (QED) is 0.785. The number of likely N-dealkylation sites (N-methyl/N-ethyl adjacent to an activating group) is 1. The fraction of sp³-hybridized carbons (Fsp3) is 0.364. The first-order valence-electron chi connectivity index (χ1n) is 5.06. The molecule has 6 heteroatoms. The summed E-state index contributed by atoms with van der Waals surface area (Å²) < 4.78 is 22.0. The lowest BCUT2D eigenvalue weighted by Gasteiger charge is -2.14. The van der Waals surface area contributed by atoms with Gasteiger partial charge in [0.2, 0.25) is 5.91 Å². The number of halogens is 1. The first kappa shape index (κ1) is 14.0. The first-order chi connectivity index (χ1) is 7.80. The predicted octanol–water partition coefficient (Wildman–Crippen LogP) is 1.63. The number of carbonyl (C=O) groups excluding carboxylic acids is 1. The van der Waals surface area contributed by atoms with Gasteiger partial charge in [-0.3, -0.25) is 4.79 Å². The van der Waals surface area contributed by atoms with Crippen molar-refractivity contribution in [1.29, 1.82) is 0 Å². The van der Waals surface area contributed by atoms with Crippen LogP contribution in [0.4, 0.5) is 0 Å². The SMILES string of the molecule is CC(=O)N(C)CCc1ccc(S(=O)(=O)Cl)cc1. The molecule has 17 heavy (non-hydrogen) atoms. The zero-order chi connectivity index (χ0) is 13.1. The Morgan fingerprint density at radius 2 is 1.82 bits per heavy atom. The molecule has 0 unspecified atom stereocenters. The summed E-state index contributed by atoms with van der Waals surface area (Å²) >= 11 is 0. The van der Waals surface area contributed by atoms with E-state index in [9.17, 15) is 13.2 Å². The predicted molar refractivity (Wildman–Crippen MR) is 66.5 cm³/mol. The van der Waals surface area contributed by atoms with Gasteiger partial charge in [-0.05, 0) is 24.1 Å². The fourth-order valence-electron chi connectivity index (χ4n) is 1.27. The summed E-state index contributed by atoms with van der Waals surface area (Å²) in [7, 11) is 3.26. The molecule has 94 valence electrons. The molecule has 0 saturated carbocycles. The molecule has 0 atom stereocenters. The maximum atomic E-state index is 11.0. The molecule has 1 aromatic carbocycles. The molecule has 0 aromatic heterocycles. The normalized spacial score (nSPS) is 11.2. The van der Waals surface area contributed by atoms with Gasteiger partial charge in [-0.1, -0.05) is 12.1 Å². The minimum atomic E-state index is -3.66. The van der Waals surface area contributed by atoms with Crippen molar-refractivity contribution in [3.05, 3.63) is 29.8 Å². The highest BCUT2D eigenvalue weighted by Gasteiger charge is 2.09. The van der Waals surface area contributed by atoms with Crippen LogP contribution in [0, 0.1) is 0 Å². The molecule has 0 saturated heterocycles. The van der Waals surface area contributed by atoms with Crippen molar-refractivity contribution >= 4 is 25.6 Å². The molecular formula is C11H14ClNO3S. The summed E-state index contributed by atoms with van der Waals surface area (Å²) in [6, 6.07) is 6.32. The van der Waals surface area contributed by atoms with Gasteiger partial charge in [0, 0.05) is 31.2 Å². The molecule has 0 aliphatic heterocycles. The third kappa shape index (κ3) is 4.36. The summed E-state index contributed by atoms with van der Waals surface area (Å²) in [6.07, 6.45) is 0.679. The monoisotopic (exact) mass is 275 g/mol. The van der Waals surface area contributed by atoms with E-state index in [-0.39, 0.29) is 10.8 Å². The summed E-state index contributed by atoms with van der Waals surface area (Å²) in [4.78, 5) is 12.7. The molecule has 1 rings (SSSR count). The molecule has 0 bridgehead atoms. The summed E-state index contributed by atoms with van der Waals surface area (Å²) in [5.74, 6) is 0.00459. The summed E-state index contributed by atoms with van der Waals surface area (Å²) in [6.45, 7) is 2.10. The van der Waals surface area contributed by atoms with Gasteiger partial charge in [-0.2, -0.15) is 0 Å². The molecule has 1 amide bonds. The number of hydrogen-bond donors (Lipinski definition) is 0. The van der Waals surface area contributed by atoms with Crippen LogP contribution in [0.1, 0.15) is 12.5 Å². The van der Waals surface area contributed by atoms with Crippen molar-refractivity contribution in [2.45, 2.75) is 18.2 Å². The van der Waals surface area contributed by atoms with Crippen LogP contribution >= 0.6 is 10.7 Å². The van der Waals surface area contributed by atoms with Gasteiger partial charge in [0.1, 0.15) is 0 Å². The van der Waals surface area contributed by atoms with Crippen molar-refractivity contribution in [2.75, 3.05) is 13.6 Å². The van der Waals surface area contributed by atoms with Crippen molar-refractivity contribution in [2.24, 2.45) is 0 Å². The van der Waals surface area contributed by atoms with Gasteiger partial charge < -0.3 is 4.90 Å². The number of benzene rings is 1. The Labute approximate surface area is 106 Å². The fourth-order valence-corrected chi connectivity index (χ4v) is 2.04. The number of rotatable bonds is 4. The van der Waals surface area contributed by atoms with E-state index in [1.165, 1.54) is 19.1 Å². The Morgan fingerprint density at radius 1 is 1.29 bits per heavy atom. The highest BCUT2D eigenvalue weighted by Crippen LogP contribution is 2.15. The van der Waals surface area contributed by atoms with E-state index in [0.29, 0.717) is 13.0 Å². The maximum Gasteiger partial charge on any atom is 0.261 e. The molecule has 0 heterocycles. The average Bonchev–Trinajstić information content (AvgIpc) is 2.25. The molecule has 0 N–H and O–H groups in total. The standard InChI is InChI=1S/C11H14ClNO3S/c1-9(14)13(2)8-7-10-3-5-11(6-4-10)17(12,15)16/h3-6H,7-8H2,1-2H3. The second-order valence-electron chi connectivity index (χ2n) is 3.77. The minimum absolute atomic E-state index is 0.00459. The molecule has 4 nitrogen and oxygen atoms in total. The van der Waals surface area contributed by atoms with Crippen LogP contribution in [0.5, 0.6) is 0 Å². The average molecular weight is 276 g/mol. The van der Waals surface area contributed by atoms with Gasteiger partial charge in [-0.15, -0.1) is 0 Å². The smallest absolute Gasteiger partial charge is 0.261 e. The zero-order valence-corrected chi connectivity index (χ0v) is 11.3. The minimum Gasteiger partial charge on any atom is -0.346 e. The van der Waals surface area contributed by atoms with Crippen molar-refractivity contribution in [3.8, 4) is 0 Å². The summed E-state index contributed by atoms with van der Waals surface area (Å²) in [5.41, 5.74) is 0.960. The molecule has 0 fully saturated rings. The Morgan fingerprint density at radius 3 is 2.24 bits per heavy atom. The van der Waals surface area contributed by atoms with Gasteiger partial charge in [-0.25, -0.2) is 8.42 Å². The first-order valence-corrected chi connectivity index (χ1v) is 7.37. The van der Waals surface area contributed by atoms with Crippen LogP contribution in [-0.2, 0) is 20.3 Å². The van der Waals surface area contributed by atoms with E-state index in [2.05, 4.69) is 0 Å². The molecule has 1 aromatic rings. The second kappa shape index (κ2) is 5.51. The third-order valence-electron chi connectivity index (χ3n) is 2.48. The van der Waals surface area contributed by atoms with Crippen molar-refractivity contribution in [1.82, 2.24) is 4.90 Å². The van der Waals surface area contributed by atoms with E-state index >= 15 is 0 Å². The van der Waals surface area contributed by atoms with Crippen LogP contribution in [0.2, 0.25) is 0 Å². The molecule has 0 aliphatic rings. The Balaban J connectivity index is 2.67. The van der Waals surface area contributed by atoms with Crippen molar-refractivity contribution in [3.63, 3.8) is 0 Å². The lowest BCUT2D eigenvalue weighted by molar-refractivity contribution is -0.127. The third-order valence-corrected chi connectivity index (χ3v) is 3.85. The van der Waals surface area contributed by atoms with Crippen LogP contribution in [0.25, 0.3) is 0 Å². The Kier molecular flexibility index (Phi) is 4.54. The van der Waals surface area contributed by atoms with E-state index in [0.717, 1.165) is 5.56 Å². The van der Waals surface area contributed by atoms with Crippen LogP contribution in [0.15, 0.2) is 29.2 Å². The van der Waals surface area contributed by atoms with Gasteiger partial charge >= 0.3 is 0 Å². The molecule has 0 radical (unpaired) electrons. The zero-order valence-electron chi connectivity index (χ0n) is 9.68. The van der Waals surface area contributed by atoms with E-state index < -0.39 is 9.05 Å². The molecule has 0 spiro atoms. The number of hydrogen-bond acceptors (Lipinski definition) is 3. The summed E-state index contributed by atoms with van der Waals surface area (Å²) in [5, 5.41) is 0. The topological polar surface area (TPSA) is 54.5 Å². The van der Waals surface area contributed by atoms with Crippen LogP contribution in [0.3, 0.4) is 0 Å². The Bertz CT molecular complexity index is 496. The number of carbonyl (C=O) groups is 1. The van der Waals surface area contributed by atoms with Crippen molar-refractivity contribution < 1.29 is 13.2 Å². The van der Waals surface area contributed by atoms with E-state index in [4.69, 9.17) is 10.7 Å². The van der Waals surface area contributed by atoms with Gasteiger partial charge in [0.05, 0.1) is 4.90 Å². The van der Waals surface area contributed by atoms with Gasteiger partial charge in [0.15, 0.2) is 0 Å². The molecular weight excluding hydrogens is 262 g/mol. The highest BCUT2D eigenvalue weighted by molar-refractivity contribution is 8.13. The number of nitrogens with zero attached hydrogens (tertiary/aromatic N) is 1. The Hall–Kier alpha value is -1.07. The highest BCUT2D eigenvalue weighted by atomic mass is 35.7. The van der Waals surface area contributed by atoms with E-state index in [1.807, 2.05) is 0 Å². The van der Waals surface area contributed by atoms with Crippen LogP contribution in [-0.4, -0.2) is 32.8 Å². The number of amides is 1. The second-order valence-corrected chi connectivity index (χ2v) is 6.34. The molecule has 0 aliphatic carbocycles. The van der Waals surface area contributed by atoms with E-state index in [1.54, 1.807) is 24.1 Å². The largest absolute Gasteiger partial charge is 0.346 e. The lowest BCUT2D eigenvalue weighted by atomic mass is 10.1. The lowest BCUT2D eigenvalue weighted by Crippen LogP contribution is -2.26.